The molecule has 1 aromatic rings. The van der Waals surface area contributed by atoms with Crippen LogP contribution in [0.25, 0.3) is 0 Å². The van der Waals surface area contributed by atoms with Crippen molar-refractivity contribution in [2.24, 2.45) is 10.8 Å². The number of hydrogen-bond donors (Lipinski definition) is 1. The van der Waals surface area contributed by atoms with Crippen LogP contribution in [0.15, 0.2) is 22.8 Å². The highest BCUT2D eigenvalue weighted by Crippen LogP contribution is 2.73. The fraction of sp³-hybridized carbons (Fsp3) is 0.562. The normalized spacial score (nSPS) is 34.7. The Morgan fingerprint density at radius 1 is 1.33 bits per heavy atom. The number of pyridine rings is 1. The fourth-order valence-corrected chi connectivity index (χ4v) is 4.37. The van der Waals surface area contributed by atoms with E-state index in [2.05, 4.69) is 32.3 Å². The van der Waals surface area contributed by atoms with Crippen molar-refractivity contribution in [1.29, 1.82) is 5.26 Å². The first-order valence-electron chi connectivity index (χ1n) is 7.38. The number of carbonyl (C=O) groups is 1. The summed E-state index contributed by atoms with van der Waals surface area (Å²) < 4.78 is 0.947. The van der Waals surface area contributed by atoms with Crippen molar-refractivity contribution in [1.82, 2.24) is 10.3 Å². The van der Waals surface area contributed by atoms with Gasteiger partial charge >= 0.3 is 0 Å². The molecule has 1 aromatic heterocycles. The van der Waals surface area contributed by atoms with Gasteiger partial charge in [0.25, 0.3) is 0 Å². The Bertz CT molecular complexity index is 637. The molecule has 5 heteroatoms. The van der Waals surface area contributed by atoms with Gasteiger partial charge in [-0.1, -0.05) is 0 Å². The highest BCUT2D eigenvalue weighted by atomic mass is 79.9. The summed E-state index contributed by atoms with van der Waals surface area (Å²) in [5, 5.41) is 12.3. The van der Waals surface area contributed by atoms with Gasteiger partial charge in [0.1, 0.15) is 0 Å². The van der Waals surface area contributed by atoms with E-state index in [9.17, 15) is 4.79 Å². The second-order valence-electron chi connectivity index (χ2n) is 6.95. The number of aromatic nitrogens is 1. The van der Waals surface area contributed by atoms with Crippen molar-refractivity contribution in [2.75, 3.05) is 0 Å². The fourth-order valence-electron chi connectivity index (χ4n) is 4.13. The lowest BCUT2D eigenvalue weighted by Gasteiger charge is -2.66. The lowest BCUT2D eigenvalue weighted by atomic mass is 9.35. The molecule has 0 saturated heterocycles. The minimum atomic E-state index is -0.285. The van der Waals surface area contributed by atoms with Gasteiger partial charge < -0.3 is 5.32 Å². The SMILES string of the molecule is N#CC12CC(C(=O)NC3(c4ccc(Br)cn4)CCC3)(C1)C2. The van der Waals surface area contributed by atoms with E-state index in [4.69, 9.17) is 5.26 Å². The smallest absolute Gasteiger partial charge is 0.227 e. The first kappa shape index (κ1) is 13.3. The van der Waals surface area contributed by atoms with Gasteiger partial charge in [0, 0.05) is 10.7 Å². The van der Waals surface area contributed by atoms with Crippen molar-refractivity contribution in [2.45, 2.75) is 44.1 Å². The molecule has 2 bridgehead atoms. The van der Waals surface area contributed by atoms with Gasteiger partial charge in [-0.15, -0.1) is 0 Å². The maximum atomic E-state index is 12.6. The minimum absolute atomic E-state index is 0.129. The number of halogens is 1. The third-order valence-electron chi connectivity index (χ3n) is 5.53. The maximum Gasteiger partial charge on any atom is 0.227 e. The third-order valence-corrected chi connectivity index (χ3v) is 6.00. The molecule has 4 nitrogen and oxygen atoms in total. The molecule has 21 heavy (non-hydrogen) atoms. The zero-order valence-corrected chi connectivity index (χ0v) is 13.2. The van der Waals surface area contributed by atoms with Crippen LogP contribution in [0.4, 0.5) is 0 Å². The summed E-state index contributed by atoms with van der Waals surface area (Å²) in [5.41, 5.74) is 0.229. The maximum absolute atomic E-state index is 12.6. The van der Waals surface area contributed by atoms with Crippen LogP contribution in [0.1, 0.15) is 44.2 Å². The Hall–Kier alpha value is -1.41. The van der Waals surface area contributed by atoms with Crippen LogP contribution in [0.5, 0.6) is 0 Å². The summed E-state index contributed by atoms with van der Waals surface area (Å²) in [5.74, 6) is 0.129. The van der Waals surface area contributed by atoms with Crippen molar-refractivity contribution >= 4 is 21.8 Å². The number of nitrogens with zero attached hydrogens (tertiary/aromatic N) is 2. The third kappa shape index (κ3) is 1.72. The molecule has 0 aliphatic heterocycles. The summed E-state index contributed by atoms with van der Waals surface area (Å²) >= 11 is 3.39. The molecule has 1 amide bonds. The minimum Gasteiger partial charge on any atom is -0.345 e. The van der Waals surface area contributed by atoms with Crippen molar-refractivity contribution in [3.05, 3.63) is 28.5 Å². The van der Waals surface area contributed by atoms with Gasteiger partial charge in [0.15, 0.2) is 0 Å². The summed E-state index contributed by atoms with van der Waals surface area (Å²) in [7, 11) is 0. The molecule has 0 spiro atoms. The summed E-state index contributed by atoms with van der Waals surface area (Å²) in [6.07, 6.45) is 7.03. The monoisotopic (exact) mass is 345 g/mol. The van der Waals surface area contributed by atoms with Gasteiger partial charge in [-0.25, -0.2) is 0 Å². The van der Waals surface area contributed by atoms with Crippen LogP contribution in [-0.4, -0.2) is 10.9 Å². The zero-order valence-electron chi connectivity index (χ0n) is 11.7. The predicted molar refractivity (Wildman–Crippen MR) is 79.9 cm³/mol. The van der Waals surface area contributed by atoms with Crippen LogP contribution in [0, 0.1) is 22.2 Å². The number of hydrogen-bond acceptors (Lipinski definition) is 3. The van der Waals surface area contributed by atoms with Crippen molar-refractivity contribution in [3.63, 3.8) is 0 Å². The second kappa shape index (κ2) is 4.07. The van der Waals surface area contributed by atoms with Crippen LogP contribution < -0.4 is 5.32 Å². The van der Waals surface area contributed by atoms with E-state index in [0.29, 0.717) is 0 Å². The van der Waals surface area contributed by atoms with Crippen molar-refractivity contribution < 1.29 is 4.79 Å². The van der Waals surface area contributed by atoms with Crippen LogP contribution >= 0.6 is 15.9 Å². The Labute approximate surface area is 132 Å². The van der Waals surface area contributed by atoms with E-state index >= 15 is 0 Å². The molecule has 4 aliphatic rings. The molecule has 1 N–H and O–H groups in total. The summed E-state index contributed by atoms with van der Waals surface area (Å²) in [4.78, 5) is 17.1. The van der Waals surface area contributed by atoms with Gasteiger partial charge in [0.05, 0.1) is 28.1 Å². The first-order valence-corrected chi connectivity index (χ1v) is 8.17. The molecule has 0 atom stereocenters. The second-order valence-corrected chi connectivity index (χ2v) is 7.87. The molecule has 108 valence electrons. The van der Waals surface area contributed by atoms with Crippen LogP contribution in [0.2, 0.25) is 0 Å². The number of amides is 1. The molecule has 1 heterocycles. The average molecular weight is 346 g/mol. The molecular formula is C16H16BrN3O. The van der Waals surface area contributed by atoms with E-state index in [0.717, 1.165) is 48.7 Å². The van der Waals surface area contributed by atoms with E-state index in [1.54, 1.807) is 6.20 Å². The Kier molecular flexibility index (Phi) is 2.57. The molecule has 5 rings (SSSR count). The molecule has 0 unspecified atom stereocenters. The van der Waals surface area contributed by atoms with Gasteiger partial charge in [-0.2, -0.15) is 5.26 Å². The van der Waals surface area contributed by atoms with E-state index in [-0.39, 0.29) is 22.3 Å². The average Bonchev–Trinajstić information content (AvgIpc) is 2.32. The largest absolute Gasteiger partial charge is 0.345 e. The Morgan fingerprint density at radius 2 is 2.05 bits per heavy atom. The molecule has 0 aromatic carbocycles. The summed E-state index contributed by atoms with van der Waals surface area (Å²) in [6.45, 7) is 0. The Morgan fingerprint density at radius 3 is 2.52 bits per heavy atom. The predicted octanol–water partition coefficient (Wildman–Crippen LogP) is 3.03. The molecule has 4 saturated carbocycles. The quantitative estimate of drug-likeness (QED) is 0.915. The topological polar surface area (TPSA) is 65.8 Å². The number of carbonyl (C=O) groups excluding carboxylic acids is 1. The molecule has 0 radical (unpaired) electrons. The van der Waals surface area contributed by atoms with Gasteiger partial charge in [-0.3, -0.25) is 9.78 Å². The standard InChI is InChI=1S/C16H16BrN3O/c17-11-2-3-12(19-6-11)16(4-1-5-16)20-13(21)15-7-14(8-15,9-15)10-18/h2-3,6H,1,4-5,7-9H2,(H,20,21). The van der Waals surface area contributed by atoms with Crippen LogP contribution in [-0.2, 0) is 10.3 Å². The highest BCUT2D eigenvalue weighted by Gasteiger charge is 2.72. The Balaban J connectivity index is 1.52. The van der Waals surface area contributed by atoms with E-state index in [1.165, 1.54) is 0 Å². The molecular weight excluding hydrogens is 330 g/mol. The van der Waals surface area contributed by atoms with Crippen molar-refractivity contribution in [3.8, 4) is 6.07 Å². The highest BCUT2D eigenvalue weighted by molar-refractivity contribution is 9.10. The number of nitriles is 1. The lowest BCUT2D eigenvalue weighted by Crippen LogP contribution is -2.69. The van der Waals surface area contributed by atoms with E-state index < -0.39 is 0 Å². The van der Waals surface area contributed by atoms with Gasteiger partial charge in [0.2, 0.25) is 5.91 Å². The number of rotatable bonds is 3. The lowest BCUT2D eigenvalue weighted by molar-refractivity contribution is -0.188. The molecule has 4 fully saturated rings. The van der Waals surface area contributed by atoms with E-state index in [1.807, 2.05) is 12.1 Å². The van der Waals surface area contributed by atoms with Crippen LogP contribution in [0.3, 0.4) is 0 Å². The summed E-state index contributed by atoms with van der Waals surface area (Å²) in [6, 6.07) is 6.32. The first-order chi connectivity index (χ1) is 10.0. The molecule has 4 aliphatic carbocycles. The zero-order chi connectivity index (χ0) is 14.7. The van der Waals surface area contributed by atoms with Gasteiger partial charge in [-0.05, 0) is 66.6 Å². The number of nitrogens with one attached hydrogen (secondary N) is 1.